The van der Waals surface area contributed by atoms with E-state index in [1.807, 2.05) is 0 Å². The lowest BCUT2D eigenvalue weighted by Gasteiger charge is -2.24. The van der Waals surface area contributed by atoms with E-state index in [1.165, 1.54) is 9.80 Å². The number of primary amides is 3. The molecule has 0 bridgehead atoms. The molecule has 10 heteroatoms. The molecule has 0 spiro atoms. The Hall–Kier alpha value is -2.20. The van der Waals surface area contributed by atoms with Crippen LogP contribution in [0.1, 0.15) is 0 Å². The molecule has 0 aromatic carbocycles. The quantitative estimate of drug-likeness (QED) is 0.301. The van der Waals surface area contributed by atoms with Crippen molar-refractivity contribution in [3.8, 4) is 0 Å². The van der Waals surface area contributed by atoms with Crippen LogP contribution in [0.4, 0.5) is 0 Å². The third kappa shape index (κ3) is 9.79. The second-order valence-electron chi connectivity index (χ2n) is 4.21. The average molecular weight is 289 g/mol. The average Bonchev–Trinajstić information content (AvgIpc) is 2.22. The molecule has 0 saturated carbocycles. The Labute approximate surface area is 115 Å². The summed E-state index contributed by atoms with van der Waals surface area (Å²) >= 11 is 0. The Balaban J connectivity index is 4.49. The number of carboxylic acids is 1. The highest BCUT2D eigenvalue weighted by Crippen LogP contribution is 1.93. The molecular formula is C10H19N5O5. The van der Waals surface area contributed by atoms with Crippen molar-refractivity contribution in [2.24, 2.45) is 17.2 Å². The van der Waals surface area contributed by atoms with Crippen LogP contribution in [0.15, 0.2) is 0 Å². The van der Waals surface area contributed by atoms with Crippen LogP contribution >= 0.6 is 0 Å². The van der Waals surface area contributed by atoms with E-state index < -0.39 is 23.7 Å². The summed E-state index contributed by atoms with van der Waals surface area (Å²) in [5.74, 6) is -3.10. The molecule has 0 atom stereocenters. The highest BCUT2D eigenvalue weighted by atomic mass is 16.4. The van der Waals surface area contributed by atoms with Gasteiger partial charge in [0.1, 0.15) is 0 Å². The molecule has 114 valence electrons. The molecule has 20 heavy (non-hydrogen) atoms. The molecule has 0 aliphatic carbocycles. The highest BCUT2D eigenvalue weighted by Gasteiger charge is 2.16. The Morgan fingerprint density at radius 3 is 1.25 bits per heavy atom. The van der Waals surface area contributed by atoms with Gasteiger partial charge in [-0.2, -0.15) is 0 Å². The maximum absolute atomic E-state index is 10.8. The van der Waals surface area contributed by atoms with Crippen LogP contribution in [0.3, 0.4) is 0 Å². The minimum absolute atomic E-state index is 0.121. The zero-order valence-corrected chi connectivity index (χ0v) is 10.9. The number of carbonyl (C=O) groups is 4. The van der Waals surface area contributed by atoms with Crippen LogP contribution in [0.2, 0.25) is 0 Å². The first-order chi connectivity index (χ1) is 9.20. The number of rotatable bonds is 11. The van der Waals surface area contributed by atoms with Gasteiger partial charge in [0.15, 0.2) is 0 Å². The SMILES string of the molecule is NC(=O)CN(CCN(CC(N)=O)CC(=O)O)CC(N)=O. The molecule has 0 saturated heterocycles. The van der Waals surface area contributed by atoms with Crippen molar-refractivity contribution in [2.45, 2.75) is 0 Å². The minimum Gasteiger partial charge on any atom is -0.480 e. The van der Waals surface area contributed by atoms with Crippen molar-refractivity contribution >= 4 is 23.7 Å². The van der Waals surface area contributed by atoms with Crippen LogP contribution in [0, 0.1) is 0 Å². The summed E-state index contributed by atoms with van der Waals surface area (Å²) in [7, 11) is 0. The molecule has 10 nitrogen and oxygen atoms in total. The van der Waals surface area contributed by atoms with Crippen molar-refractivity contribution in [2.75, 3.05) is 39.3 Å². The molecular weight excluding hydrogens is 270 g/mol. The molecule has 0 rings (SSSR count). The number of nitrogens with zero attached hydrogens (tertiary/aromatic N) is 2. The van der Waals surface area contributed by atoms with E-state index in [-0.39, 0.29) is 39.3 Å². The minimum atomic E-state index is -1.12. The summed E-state index contributed by atoms with van der Waals surface area (Å²) < 4.78 is 0. The lowest BCUT2D eigenvalue weighted by Crippen LogP contribution is -2.46. The van der Waals surface area contributed by atoms with Crippen LogP contribution in [0.5, 0.6) is 0 Å². The number of amides is 3. The van der Waals surface area contributed by atoms with E-state index in [0.717, 1.165) is 0 Å². The van der Waals surface area contributed by atoms with Crippen molar-refractivity contribution in [1.82, 2.24) is 9.80 Å². The maximum Gasteiger partial charge on any atom is 0.317 e. The predicted octanol–water partition coefficient (Wildman–Crippen LogP) is -3.87. The molecule has 0 aliphatic heterocycles. The normalized spacial score (nSPS) is 10.7. The number of aliphatic carboxylic acids is 1. The molecule has 0 unspecified atom stereocenters. The summed E-state index contributed by atoms with van der Waals surface area (Å²) in [5, 5.41) is 8.70. The van der Waals surface area contributed by atoms with Crippen molar-refractivity contribution < 1.29 is 24.3 Å². The van der Waals surface area contributed by atoms with E-state index >= 15 is 0 Å². The number of hydrogen-bond acceptors (Lipinski definition) is 6. The molecule has 0 fully saturated rings. The third-order valence-corrected chi connectivity index (χ3v) is 2.23. The summed E-state index contributed by atoms with van der Waals surface area (Å²) in [5.41, 5.74) is 15.0. The van der Waals surface area contributed by atoms with Crippen LogP contribution < -0.4 is 17.2 Å². The molecule has 7 N–H and O–H groups in total. The summed E-state index contributed by atoms with van der Waals surface area (Å²) in [4.78, 5) is 45.8. The van der Waals surface area contributed by atoms with Crippen molar-refractivity contribution in [1.29, 1.82) is 0 Å². The van der Waals surface area contributed by atoms with Gasteiger partial charge in [-0.05, 0) is 0 Å². The number of carbonyl (C=O) groups excluding carboxylic acids is 3. The Bertz CT molecular complexity index is 318. The second-order valence-corrected chi connectivity index (χ2v) is 4.21. The Kier molecular flexibility index (Phi) is 7.85. The van der Waals surface area contributed by atoms with E-state index in [0.29, 0.717) is 0 Å². The number of hydrogen-bond donors (Lipinski definition) is 4. The fourth-order valence-electron chi connectivity index (χ4n) is 1.56. The number of carboxylic acid groups (broad SMARTS) is 1. The summed E-state index contributed by atoms with van der Waals surface area (Å²) in [6, 6.07) is 0. The fraction of sp³-hybridized carbons (Fsp3) is 0.600. The van der Waals surface area contributed by atoms with Gasteiger partial charge in [-0.25, -0.2) is 0 Å². The Morgan fingerprint density at radius 2 is 1.00 bits per heavy atom. The molecule has 3 amide bonds. The summed E-state index contributed by atoms with van der Waals surface area (Å²) in [6.45, 7) is -0.750. The molecule has 0 heterocycles. The number of nitrogens with two attached hydrogens (primary N) is 3. The van der Waals surface area contributed by atoms with Gasteiger partial charge in [0.2, 0.25) is 17.7 Å². The zero-order chi connectivity index (χ0) is 15.7. The molecule has 0 aromatic rings. The van der Waals surface area contributed by atoms with E-state index in [2.05, 4.69) is 0 Å². The van der Waals surface area contributed by atoms with Gasteiger partial charge >= 0.3 is 5.97 Å². The Morgan fingerprint density at radius 1 is 0.700 bits per heavy atom. The first-order valence-corrected chi connectivity index (χ1v) is 5.72. The van der Waals surface area contributed by atoms with Gasteiger partial charge < -0.3 is 22.3 Å². The second kappa shape index (κ2) is 8.82. The van der Waals surface area contributed by atoms with Gasteiger partial charge in [0, 0.05) is 13.1 Å². The van der Waals surface area contributed by atoms with Gasteiger partial charge in [-0.15, -0.1) is 0 Å². The van der Waals surface area contributed by atoms with Gasteiger partial charge in [-0.3, -0.25) is 29.0 Å². The molecule has 0 radical (unpaired) electrons. The van der Waals surface area contributed by atoms with Gasteiger partial charge in [0.05, 0.1) is 26.2 Å². The van der Waals surface area contributed by atoms with Crippen LogP contribution in [-0.2, 0) is 19.2 Å². The van der Waals surface area contributed by atoms with Crippen LogP contribution in [-0.4, -0.2) is 77.9 Å². The largest absolute Gasteiger partial charge is 0.480 e. The molecule has 0 aliphatic rings. The van der Waals surface area contributed by atoms with E-state index in [9.17, 15) is 19.2 Å². The van der Waals surface area contributed by atoms with Crippen molar-refractivity contribution in [3.05, 3.63) is 0 Å². The first kappa shape index (κ1) is 17.8. The van der Waals surface area contributed by atoms with E-state index in [4.69, 9.17) is 22.3 Å². The monoisotopic (exact) mass is 289 g/mol. The summed E-state index contributed by atoms with van der Waals surface area (Å²) in [6.07, 6.45) is 0. The van der Waals surface area contributed by atoms with Crippen LogP contribution in [0.25, 0.3) is 0 Å². The maximum atomic E-state index is 10.8. The lowest BCUT2D eigenvalue weighted by atomic mass is 10.3. The fourth-order valence-corrected chi connectivity index (χ4v) is 1.56. The topological polar surface area (TPSA) is 173 Å². The van der Waals surface area contributed by atoms with E-state index in [1.54, 1.807) is 0 Å². The zero-order valence-electron chi connectivity index (χ0n) is 10.9. The standard InChI is InChI=1S/C10H19N5O5/c11-7(16)3-14(4-8(12)17)1-2-15(5-9(13)18)6-10(19)20/h1-6H2,(H2,11,16)(H2,12,17)(H2,13,18)(H,19,20). The first-order valence-electron chi connectivity index (χ1n) is 5.72. The van der Waals surface area contributed by atoms with Gasteiger partial charge in [-0.1, -0.05) is 0 Å². The third-order valence-electron chi connectivity index (χ3n) is 2.23. The van der Waals surface area contributed by atoms with Gasteiger partial charge in [0.25, 0.3) is 0 Å². The highest BCUT2D eigenvalue weighted by molar-refractivity contribution is 5.79. The smallest absolute Gasteiger partial charge is 0.317 e. The van der Waals surface area contributed by atoms with Crippen molar-refractivity contribution in [3.63, 3.8) is 0 Å². The predicted molar refractivity (Wildman–Crippen MR) is 68.1 cm³/mol. The lowest BCUT2D eigenvalue weighted by molar-refractivity contribution is -0.139. The molecule has 0 aromatic heterocycles.